The quantitative estimate of drug-likeness (QED) is 0.0261. The maximum absolute atomic E-state index is 12.8. The van der Waals surface area contributed by atoms with Crippen LogP contribution in [0.15, 0.2) is 97.2 Å². The van der Waals surface area contributed by atoms with Gasteiger partial charge in [0.1, 0.15) is 13.2 Å². The van der Waals surface area contributed by atoms with Crippen LogP contribution in [-0.4, -0.2) is 37.2 Å². The third-order valence-electron chi connectivity index (χ3n) is 14.3. The van der Waals surface area contributed by atoms with Crippen molar-refractivity contribution in [3.8, 4) is 0 Å². The molecule has 1 atom stereocenters. The van der Waals surface area contributed by atoms with Crippen molar-refractivity contribution in [1.82, 2.24) is 0 Å². The number of unbranched alkanes of at least 4 members (excludes halogenated alkanes) is 33. The Morgan fingerprint density at radius 1 is 0.269 bits per heavy atom. The van der Waals surface area contributed by atoms with Crippen LogP contribution in [0.2, 0.25) is 0 Å². The number of ether oxygens (including phenoxy) is 3. The zero-order valence-corrected chi connectivity index (χ0v) is 51.4. The zero-order valence-electron chi connectivity index (χ0n) is 51.4. The summed E-state index contributed by atoms with van der Waals surface area (Å²) in [5.41, 5.74) is 0. The summed E-state index contributed by atoms with van der Waals surface area (Å²) in [6.45, 7) is 6.41. The lowest BCUT2D eigenvalue weighted by Gasteiger charge is -2.18. The van der Waals surface area contributed by atoms with E-state index in [2.05, 4.69) is 118 Å². The summed E-state index contributed by atoms with van der Waals surface area (Å²) in [6, 6.07) is 0. The minimum Gasteiger partial charge on any atom is -0.462 e. The van der Waals surface area contributed by atoms with Gasteiger partial charge in [-0.2, -0.15) is 0 Å². The Morgan fingerprint density at radius 3 is 0.795 bits per heavy atom. The molecule has 0 N–H and O–H groups in total. The van der Waals surface area contributed by atoms with E-state index < -0.39 is 6.10 Å². The monoisotopic (exact) mass is 1080 g/mol. The van der Waals surface area contributed by atoms with Crippen LogP contribution in [-0.2, 0) is 28.6 Å². The number of carbonyl (C=O) groups excluding carboxylic acids is 3. The molecule has 0 heterocycles. The van der Waals surface area contributed by atoms with E-state index in [0.29, 0.717) is 19.3 Å². The molecule has 0 radical (unpaired) electrons. The fourth-order valence-corrected chi connectivity index (χ4v) is 9.43. The van der Waals surface area contributed by atoms with Gasteiger partial charge in [0.25, 0.3) is 0 Å². The Balaban J connectivity index is 4.07. The molecule has 448 valence electrons. The molecule has 0 amide bonds. The van der Waals surface area contributed by atoms with Crippen LogP contribution in [0.1, 0.15) is 323 Å². The summed E-state index contributed by atoms with van der Waals surface area (Å²) in [7, 11) is 0. The molecular formula is C72H124O6. The van der Waals surface area contributed by atoms with E-state index in [1.807, 2.05) is 0 Å². The maximum Gasteiger partial charge on any atom is 0.306 e. The maximum atomic E-state index is 12.8. The van der Waals surface area contributed by atoms with Crippen molar-refractivity contribution in [1.29, 1.82) is 0 Å². The number of esters is 3. The molecule has 0 spiro atoms. The third kappa shape index (κ3) is 63.2. The largest absolute Gasteiger partial charge is 0.462 e. The molecule has 0 bridgehead atoms. The molecule has 0 saturated heterocycles. The highest BCUT2D eigenvalue weighted by Gasteiger charge is 2.19. The summed E-state index contributed by atoms with van der Waals surface area (Å²) < 4.78 is 16.9. The lowest BCUT2D eigenvalue weighted by Crippen LogP contribution is -2.30. The lowest BCUT2D eigenvalue weighted by atomic mass is 10.0. The van der Waals surface area contributed by atoms with Gasteiger partial charge in [-0.25, -0.2) is 0 Å². The van der Waals surface area contributed by atoms with E-state index in [0.717, 1.165) is 116 Å². The smallest absolute Gasteiger partial charge is 0.306 e. The highest BCUT2D eigenvalue weighted by Crippen LogP contribution is 2.17. The minimum atomic E-state index is -0.789. The minimum absolute atomic E-state index is 0.0841. The van der Waals surface area contributed by atoms with Gasteiger partial charge in [0.2, 0.25) is 0 Å². The predicted octanol–water partition coefficient (Wildman–Crippen LogP) is 22.8. The van der Waals surface area contributed by atoms with Crippen LogP contribution in [0, 0.1) is 0 Å². The third-order valence-corrected chi connectivity index (χ3v) is 14.3. The molecule has 0 aromatic carbocycles. The highest BCUT2D eigenvalue weighted by molar-refractivity contribution is 5.71. The summed E-state index contributed by atoms with van der Waals surface area (Å²) >= 11 is 0. The molecule has 0 aliphatic carbocycles. The molecular weight excluding hydrogens is 961 g/mol. The van der Waals surface area contributed by atoms with E-state index in [-0.39, 0.29) is 31.1 Å². The van der Waals surface area contributed by atoms with E-state index in [4.69, 9.17) is 14.2 Å². The molecule has 0 saturated carbocycles. The molecule has 0 fully saturated rings. The van der Waals surface area contributed by atoms with E-state index in [9.17, 15) is 14.4 Å². The van der Waals surface area contributed by atoms with Crippen LogP contribution in [0.25, 0.3) is 0 Å². The van der Waals surface area contributed by atoms with Gasteiger partial charge in [-0.1, -0.05) is 304 Å². The first-order chi connectivity index (χ1) is 38.5. The molecule has 0 aromatic rings. The van der Waals surface area contributed by atoms with Gasteiger partial charge in [-0.3, -0.25) is 14.4 Å². The number of hydrogen-bond acceptors (Lipinski definition) is 6. The van der Waals surface area contributed by atoms with Crippen molar-refractivity contribution in [3.05, 3.63) is 97.2 Å². The molecule has 0 rings (SSSR count). The average molecular weight is 1090 g/mol. The van der Waals surface area contributed by atoms with Crippen molar-refractivity contribution >= 4 is 17.9 Å². The molecule has 6 nitrogen and oxygen atoms in total. The van der Waals surface area contributed by atoms with Gasteiger partial charge >= 0.3 is 17.9 Å². The van der Waals surface area contributed by atoms with Crippen molar-refractivity contribution in [2.75, 3.05) is 13.2 Å². The predicted molar refractivity (Wildman–Crippen MR) is 339 cm³/mol. The van der Waals surface area contributed by atoms with Gasteiger partial charge < -0.3 is 14.2 Å². The number of carbonyl (C=O) groups is 3. The van der Waals surface area contributed by atoms with Crippen LogP contribution >= 0.6 is 0 Å². The molecule has 6 heteroatoms. The molecule has 1 unspecified atom stereocenters. The standard InChI is InChI=1S/C72H124O6/c1-4-7-10-13-16-19-22-25-26-27-28-29-30-31-32-33-34-35-36-37-38-39-40-41-42-43-44-45-46-48-50-53-56-59-62-65-71(74)77-68-69(67-76-70(73)64-61-58-55-52-49-24-21-18-15-12-9-6-3)78-72(75)66-63-60-57-54-51-47-23-20-17-14-11-8-5-2/h7-8,10-11,16-17,19-20,25-26,28-29,31-32,47,51,69H,4-6,9,12-15,18,21-24,27,30,33-46,48-50,52-68H2,1-3H3/b10-7-,11-8-,19-16-,20-17-,26-25-,29-28-,32-31-,51-47-. The molecule has 0 aliphatic rings. The topological polar surface area (TPSA) is 78.9 Å². The Kier molecular flexibility index (Phi) is 62.7. The zero-order chi connectivity index (χ0) is 56.4. The second-order valence-corrected chi connectivity index (χ2v) is 22.0. The average Bonchev–Trinajstić information content (AvgIpc) is 3.44. The van der Waals surface area contributed by atoms with Gasteiger partial charge in [0.15, 0.2) is 6.10 Å². The fraction of sp³-hybridized carbons (Fsp3) is 0.736. The Hall–Kier alpha value is -3.67. The van der Waals surface area contributed by atoms with E-state index in [1.54, 1.807) is 0 Å². The lowest BCUT2D eigenvalue weighted by molar-refractivity contribution is -0.167. The summed E-state index contributed by atoms with van der Waals surface area (Å²) in [4.78, 5) is 38.2. The van der Waals surface area contributed by atoms with Crippen LogP contribution in [0.4, 0.5) is 0 Å². The molecule has 0 aliphatic heterocycles. The van der Waals surface area contributed by atoms with E-state index >= 15 is 0 Å². The van der Waals surface area contributed by atoms with Crippen molar-refractivity contribution in [2.24, 2.45) is 0 Å². The van der Waals surface area contributed by atoms with Gasteiger partial charge in [0.05, 0.1) is 0 Å². The molecule has 0 aromatic heterocycles. The summed E-state index contributed by atoms with van der Waals surface area (Å²) in [5.74, 6) is -0.901. The Morgan fingerprint density at radius 2 is 0.500 bits per heavy atom. The number of allylic oxidation sites excluding steroid dienone is 16. The van der Waals surface area contributed by atoms with Crippen molar-refractivity contribution in [3.63, 3.8) is 0 Å². The fourth-order valence-electron chi connectivity index (χ4n) is 9.43. The first-order valence-electron chi connectivity index (χ1n) is 33.2. The van der Waals surface area contributed by atoms with Crippen molar-refractivity contribution in [2.45, 2.75) is 329 Å². The van der Waals surface area contributed by atoms with Gasteiger partial charge in [0, 0.05) is 19.3 Å². The summed E-state index contributed by atoms with van der Waals surface area (Å²) in [5, 5.41) is 0. The number of hydrogen-bond donors (Lipinski definition) is 0. The normalized spacial score (nSPS) is 12.7. The van der Waals surface area contributed by atoms with Crippen LogP contribution in [0.5, 0.6) is 0 Å². The first-order valence-corrected chi connectivity index (χ1v) is 33.2. The van der Waals surface area contributed by atoms with Crippen molar-refractivity contribution < 1.29 is 28.6 Å². The second kappa shape index (κ2) is 65.8. The van der Waals surface area contributed by atoms with Crippen LogP contribution in [0.3, 0.4) is 0 Å². The Labute approximate surface area is 483 Å². The van der Waals surface area contributed by atoms with Gasteiger partial charge in [-0.05, 0) is 96.3 Å². The van der Waals surface area contributed by atoms with Gasteiger partial charge in [-0.15, -0.1) is 0 Å². The van der Waals surface area contributed by atoms with Crippen LogP contribution < -0.4 is 0 Å². The van der Waals surface area contributed by atoms with E-state index in [1.165, 1.54) is 167 Å². The SMILES string of the molecule is CC/C=C\C/C=C\C/C=C\C/C=C\C/C=C\CCCCCCCCCCCCCCCCCCCCCC(=O)OCC(COC(=O)CCCCCCCCCCCCCC)OC(=O)CCCCC/C=C\C/C=C\C/C=C\CC. The molecule has 78 heavy (non-hydrogen) atoms. The highest BCUT2D eigenvalue weighted by atomic mass is 16.6. The number of rotatable bonds is 60. The second-order valence-electron chi connectivity index (χ2n) is 22.0. The first kappa shape index (κ1) is 74.3. The Bertz CT molecular complexity index is 1530. The summed E-state index contributed by atoms with van der Waals surface area (Å²) in [6.07, 6.45) is 88.8.